The Morgan fingerprint density at radius 2 is 1.97 bits per heavy atom. The lowest BCUT2D eigenvalue weighted by Crippen LogP contribution is -2.28. The lowest BCUT2D eigenvalue weighted by Gasteiger charge is -2.20. The Kier molecular flexibility index (Phi) is 6.61. The standard InChI is InChI=1S/C22H22N4O5S2/c1-2-31-19-6-4-3-5-18(19)26-14-15(13-20(26)27)21(28)24-16-7-9-17(10-8-16)33(29,30)25-22-23-11-12-32-22/h3-12,15H,2,13-14H2,1H3,(H,23,25)(H,24,28). The van der Waals surface area contributed by atoms with Gasteiger partial charge in [-0.05, 0) is 43.3 Å². The van der Waals surface area contributed by atoms with E-state index in [-0.39, 0.29) is 34.8 Å². The highest BCUT2D eigenvalue weighted by molar-refractivity contribution is 7.93. The van der Waals surface area contributed by atoms with Crippen LogP contribution >= 0.6 is 11.3 Å². The maximum Gasteiger partial charge on any atom is 0.263 e. The first-order valence-electron chi connectivity index (χ1n) is 10.2. The summed E-state index contributed by atoms with van der Waals surface area (Å²) >= 11 is 1.17. The molecule has 0 saturated carbocycles. The molecule has 1 aromatic heterocycles. The molecule has 1 aliphatic rings. The molecule has 33 heavy (non-hydrogen) atoms. The van der Waals surface area contributed by atoms with Gasteiger partial charge in [-0.3, -0.25) is 14.3 Å². The molecular weight excluding hydrogens is 464 g/mol. The predicted octanol–water partition coefficient (Wildman–Crippen LogP) is 3.33. The Morgan fingerprint density at radius 3 is 2.67 bits per heavy atom. The average molecular weight is 487 g/mol. The SMILES string of the molecule is CCOc1ccccc1N1CC(C(=O)Nc2ccc(S(=O)(=O)Nc3nccs3)cc2)CC1=O. The van der Waals surface area contributed by atoms with Gasteiger partial charge in [-0.2, -0.15) is 0 Å². The van der Waals surface area contributed by atoms with Crippen molar-refractivity contribution in [1.82, 2.24) is 4.98 Å². The van der Waals surface area contributed by atoms with E-state index in [2.05, 4.69) is 15.0 Å². The average Bonchev–Trinajstić information content (AvgIpc) is 3.44. The van der Waals surface area contributed by atoms with Crippen molar-refractivity contribution >= 4 is 49.7 Å². The molecule has 2 amide bonds. The van der Waals surface area contributed by atoms with Gasteiger partial charge in [0.05, 0.1) is 23.1 Å². The molecule has 0 bridgehead atoms. The minimum Gasteiger partial charge on any atom is -0.492 e. The predicted molar refractivity (Wildman–Crippen MR) is 126 cm³/mol. The van der Waals surface area contributed by atoms with E-state index < -0.39 is 15.9 Å². The molecule has 2 heterocycles. The number of rotatable bonds is 8. The summed E-state index contributed by atoms with van der Waals surface area (Å²) in [7, 11) is -3.78. The van der Waals surface area contributed by atoms with Crippen LogP contribution in [0.25, 0.3) is 0 Å². The normalized spacial score (nSPS) is 16.0. The van der Waals surface area contributed by atoms with Crippen LogP contribution in [0.2, 0.25) is 0 Å². The van der Waals surface area contributed by atoms with Gasteiger partial charge >= 0.3 is 0 Å². The van der Waals surface area contributed by atoms with E-state index in [4.69, 9.17) is 4.74 Å². The molecule has 2 N–H and O–H groups in total. The molecule has 0 aliphatic carbocycles. The molecule has 11 heteroatoms. The van der Waals surface area contributed by atoms with Crippen molar-refractivity contribution in [2.45, 2.75) is 18.2 Å². The number of hydrogen-bond acceptors (Lipinski definition) is 7. The van der Waals surface area contributed by atoms with Gasteiger partial charge in [0.2, 0.25) is 11.8 Å². The summed E-state index contributed by atoms with van der Waals surface area (Å²) in [4.78, 5) is 30.9. The summed E-state index contributed by atoms with van der Waals surface area (Å²) in [5, 5.41) is 4.71. The first-order chi connectivity index (χ1) is 15.9. The number of carbonyl (C=O) groups is 2. The topological polar surface area (TPSA) is 118 Å². The van der Waals surface area contributed by atoms with Crippen molar-refractivity contribution in [2.24, 2.45) is 5.92 Å². The van der Waals surface area contributed by atoms with Crippen LogP contribution in [0.5, 0.6) is 5.75 Å². The van der Waals surface area contributed by atoms with E-state index in [0.717, 1.165) is 0 Å². The van der Waals surface area contributed by atoms with Crippen LogP contribution in [0.1, 0.15) is 13.3 Å². The molecule has 1 unspecified atom stereocenters. The van der Waals surface area contributed by atoms with Crippen molar-refractivity contribution < 1.29 is 22.7 Å². The number of carbonyl (C=O) groups excluding carboxylic acids is 2. The number of ether oxygens (including phenoxy) is 1. The molecule has 1 atom stereocenters. The van der Waals surface area contributed by atoms with Gasteiger partial charge in [0, 0.05) is 30.2 Å². The highest BCUT2D eigenvalue weighted by atomic mass is 32.2. The monoisotopic (exact) mass is 486 g/mol. The number of sulfonamides is 1. The third-order valence-electron chi connectivity index (χ3n) is 5.04. The Balaban J connectivity index is 1.41. The van der Waals surface area contributed by atoms with Gasteiger partial charge in [0.15, 0.2) is 5.13 Å². The Bertz CT molecular complexity index is 1240. The molecule has 0 radical (unpaired) electrons. The van der Waals surface area contributed by atoms with E-state index in [1.165, 1.54) is 41.8 Å². The van der Waals surface area contributed by atoms with Gasteiger partial charge in [-0.25, -0.2) is 13.4 Å². The number of benzene rings is 2. The van der Waals surface area contributed by atoms with Crippen LogP contribution in [-0.4, -0.2) is 38.4 Å². The molecule has 1 fully saturated rings. The third-order valence-corrected chi connectivity index (χ3v) is 7.21. The Labute approximate surface area is 195 Å². The Morgan fingerprint density at radius 1 is 1.21 bits per heavy atom. The van der Waals surface area contributed by atoms with Crippen LogP contribution in [-0.2, 0) is 19.6 Å². The summed E-state index contributed by atoms with van der Waals surface area (Å²) < 4.78 is 32.9. The molecule has 172 valence electrons. The maximum atomic E-state index is 12.8. The highest BCUT2D eigenvalue weighted by Gasteiger charge is 2.36. The molecule has 4 rings (SSSR count). The van der Waals surface area contributed by atoms with Crippen molar-refractivity contribution in [3.05, 3.63) is 60.1 Å². The van der Waals surface area contributed by atoms with Crippen LogP contribution in [0, 0.1) is 5.92 Å². The summed E-state index contributed by atoms with van der Waals surface area (Å²) in [5.74, 6) is -0.409. The fraction of sp³-hybridized carbons (Fsp3) is 0.227. The molecule has 9 nitrogen and oxygen atoms in total. The molecule has 3 aromatic rings. The minimum absolute atomic E-state index is 0.0467. The van der Waals surface area contributed by atoms with Gasteiger partial charge < -0.3 is 15.0 Å². The number of nitrogens with one attached hydrogen (secondary N) is 2. The smallest absolute Gasteiger partial charge is 0.263 e. The second-order valence-electron chi connectivity index (χ2n) is 7.26. The van der Waals surface area contributed by atoms with Crippen molar-refractivity contribution in [2.75, 3.05) is 28.1 Å². The van der Waals surface area contributed by atoms with E-state index in [9.17, 15) is 18.0 Å². The number of thiazole rings is 1. The van der Waals surface area contributed by atoms with Gasteiger partial charge in [-0.1, -0.05) is 12.1 Å². The molecule has 2 aromatic carbocycles. The summed E-state index contributed by atoms with van der Waals surface area (Å²) in [6, 6.07) is 13.0. The zero-order chi connectivity index (χ0) is 23.4. The number of hydrogen-bond donors (Lipinski definition) is 2. The number of amides is 2. The van der Waals surface area contributed by atoms with Crippen molar-refractivity contribution in [3.8, 4) is 5.75 Å². The summed E-state index contributed by atoms with van der Waals surface area (Å²) in [6.45, 7) is 2.57. The number of nitrogens with zero attached hydrogens (tertiary/aromatic N) is 2. The zero-order valence-electron chi connectivity index (χ0n) is 17.7. The molecule has 0 spiro atoms. The number of aromatic nitrogens is 1. The van der Waals surface area contributed by atoms with Crippen molar-refractivity contribution in [1.29, 1.82) is 0 Å². The first-order valence-corrected chi connectivity index (χ1v) is 12.6. The van der Waals surface area contributed by atoms with Crippen LogP contribution in [0.15, 0.2) is 65.0 Å². The first kappa shape index (κ1) is 22.7. The maximum absolute atomic E-state index is 12.8. The molecular formula is C22H22N4O5S2. The van der Waals surface area contributed by atoms with Crippen LogP contribution in [0.4, 0.5) is 16.5 Å². The van der Waals surface area contributed by atoms with Crippen LogP contribution in [0.3, 0.4) is 0 Å². The Hall–Kier alpha value is -3.44. The summed E-state index contributed by atoms with van der Waals surface area (Å²) in [6.07, 6.45) is 1.59. The number of anilines is 3. The number of para-hydroxylation sites is 2. The minimum atomic E-state index is -3.78. The van der Waals surface area contributed by atoms with Crippen LogP contribution < -0.4 is 19.7 Å². The second-order valence-corrected chi connectivity index (χ2v) is 9.84. The lowest BCUT2D eigenvalue weighted by atomic mass is 10.1. The largest absolute Gasteiger partial charge is 0.492 e. The van der Waals surface area contributed by atoms with E-state index in [1.54, 1.807) is 22.4 Å². The second kappa shape index (κ2) is 9.59. The fourth-order valence-corrected chi connectivity index (χ4v) is 5.27. The van der Waals surface area contributed by atoms with Crippen molar-refractivity contribution in [3.63, 3.8) is 0 Å². The van der Waals surface area contributed by atoms with Gasteiger partial charge in [0.25, 0.3) is 10.0 Å². The van der Waals surface area contributed by atoms with E-state index in [0.29, 0.717) is 23.7 Å². The molecule has 1 aliphatic heterocycles. The van der Waals surface area contributed by atoms with Gasteiger partial charge in [0.1, 0.15) is 5.75 Å². The fourth-order valence-electron chi connectivity index (χ4n) is 3.48. The van der Waals surface area contributed by atoms with Gasteiger partial charge in [-0.15, -0.1) is 11.3 Å². The van der Waals surface area contributed by atoms with E-state index >= 15 is 0 Å². The molecule has 1 saturated heterocycles. The van der Waals surface area contributed by atoms with E-state index in [1.807, 2.05) is 19.1 Å². The quantitative estimate of drug-likeness (QED) is 0.504. The highest BCUT2D eigenvalue weighted by Crippen LogP contribution is 2.33. The zero-order valence-corrected chi connectivity index (χ0v) is 19.4. The summed E-state index contributed by atoms with van der Waals surface area (Å²) in [5.41, 5.74) is 1.08. The lowest BCUT2D eigenvalue weighted by molar-refractivity contribution is -0.122. The third kappa shape index (κ3) is 5.15.